The van der Waals surface area contributed by atoms with Crippen LogP contribution in [0.2, 0.25) is 0 Å². The number of rotatable bonds is 6. The van der Waals surface area contributed by atoms with Crippen molar-refractivity contribution in [3.63, 3.8) is 0 Å². The van der Waals surface area contributed by atoms with E-state index in [1.807, 2.05) is 0 Å². The summed E-state index contributed by atoms with van der Waals surface area (Å²) in [6, 6.07) is 13.6. The molecule has 0 amide bonds. The molecule has 0 fully saturated rings. The predicted molar refractivity (Wildman–Crippen MR) is 138 cm³/mol. The molecule has 0 aliphatic rings. The standard InChI is InChI=1S/C27H36N2.Au.F6P/c1-18(2)22-11-9-12-23(19(3)4)26(22)28-15-16-29(17-28)27-24(20(5)6)13-10-14-25(27)21(7)8;;1-7(2,3,4,5)6/h9-16,18-21H,1-8H3;;/q;+1;-1. The van der Waals surface area contributed by atoms with E-state index in [2.05, 4.69) is 134 Å². The van der Waals surface area contributed by atoms with Gasteiger partial charge in [-0.25, -0.2) is 0 Å². The van der Waals surface area contributed by atoms with Gasteiger partial charge in [-0.1, -0.05) is 0 Å². The molecule has 0 unspecified atom stereocenters. The molecule has 1 heterocycles. The monoisotopic (exact) mass is 730 g/mol. The van der Waals surface area contributed by atoms with E-state index in [4.69, 9.17) is 0 Å². The Hall–Kier alpha value is -1.60. The van der Waals surface area contributed by atoms with Gasteiger partial charge in [0, 0.05) is 0 Å². The van der Waals surface area contributed by atoms with Gasteiger partial charge in [0.2, 0.25) is 0 Å². The molecule has 10 heteroatoms. The third-order valence-electron chi connectivity index (χ3n) is 5.89. The second-order valence-electron chi connectivity index (χ2n) is 10.4. The molecule has 0 bridgehead atoms. The molecule has 0 N–H and O–H groups in total. The molecule has 0 aliphatic heterocycles. The van der Waals surface area contributed by atoms with E-state index in [0.29, 0.717) is 23.7 Å². The molecule has 0 radical (unpaired) electrons. The Morgan fingerprint density at radius 3 is 0.946 bits per heavy atom. The molecule has 212 valence electrons. The molecule has 3 rings (SSSR count). The molecule has 37 heavy (non-hydrogen) atoms. The Morgan fingerprint density at radius 1 is 0.541 bits per heavy atom. The van der Waals surface area contributed by atoms with Gasteiger partial charge in [-0.15, -0.1) is 0 Å². The van der Waals surface area contributed by atoms with Crippen LogP contribution < -0.4 is 0 Å². The zero-order chi connectivity index (χ0) is 28.6. The summed E-state index contributed by atoms with van der Waals surface area (Å²) in [5, 5.41) is 0. The number of benzene rings is 2. The fourth-order valence-corrected chi connectivity index (χ4v) is 5.06. The minimum absolute atomic E-state index is 0.469. The van der Waals surface area contributed by atoms with Crippen LogP contribution >= 0.6 is 7.81 Å². The normalized spacial score (nSPS) is 14.2. The van der Waals surface area contributed by atoms with E-state index >= 15 is 0 Å². The van der Waals surface area contributed by atoms with Gasteiger partial charge in [0.15, 0.2) is 0 Å². The Kier molecular flexibility index (Phi) is 8.99. The second kappa shape index (κ2) is 10.5. The van der Waals surface area contributed by atoms with Crippen LogP contribution in [0.3, 0.4) is 0 Å². The molecule has 3 aromatic rings. The molecule has 2 nitrogen and oxygen atoms in total. The fraction of sp³-hybridized carbons (Fsp3) is 0.444. The molecular formula is C27H36AuF6N2P. The Bertz CT molecular complexity index is 1160. The van der Waals surface area contributed by atoms with E-state index in [1.54, 1.807) is 0 Å². The summed E-state index contributed by atoms with van der Waals surface area (Å²) in [7, 11) is -10.7. The first-order valence-corrected chi connectivity index (χ1v) is 15.3. The van der Waals surface area contributed by atoms with Crippen LogP contribution in [0.5, 0.6) is 0 Å². The zero-order valence-electron chi connectivity index (χ0n) is 22.3. The summed E-state index contributed by atoms with van der Waals surface area (Å²) in [5.41, 5.74) is 8.29. The van der Waals surface area contributed by atoms with Gasteiger partial charge in [-0.2, -0.15) is 0 Å². The van der Waals surface area contributed by atoms with E-state index in [9.17, 15) is 25.2 Å². The van der Waals surface area contributed by atoms with Crippen LogP contribution in [0.25, 0.3) is 11.4 Å². The van der Waals surface area contributed by atoms with Gasteiger partial charge in [0.1, 0.15) is 0 Å². The fourth-order valence-electron chi connectivity index (χ4n) is 4.26. The van der Waals surface area contributed by atoms with E-state index < -0.39 is 7.81 Å². The summed E-state index contributed by atoms with van der Waals surface area (Å²) in [4.78, 5) is 0. The molecular weight excluding hydrogens is 694 g/mol. The summed E-state index contributed by atoms with van der Waals surface area (Å²) < 4.78 is 65.2. The number of imidazole rings is 1. The summed E-state index contributed by atoms with van der Waals surface area (Å²) in [5.74, 6) is 1.88. The van der Waals surface area contributed by atoms with Crippen molar-refractivity contribution < 1.29 is 45.8 Å². The van der Waals surface area contributed by atoms with Crippen LogP contribution in [0.15, 0.2) is 48.8 Å². The number of nitrogens with zero attached hydrogens (tertiary/aromatic N) is 2. The van der Waals surface area contributed by atoms with Crippen molar-refractivity contribution in [2.24, 2.45) is 0 Å². The van der Waals surface area contributed by atoms with Gasteiger partial charge in [0.25, 0.3) is 0 Å². The molecule has 2 aromatic carbocycles. The van der Waals surface area contributed by atoms with Gasteiger partial charge >= 0.3 is 228 Å². The topological polar surface area (TPSA) is 9.86 Å². The van der Waals surface area contributed by atoms with E-state index in [1.165, 1.54) is 37.3 Å². The third kappa shape index (κ3) is 8.98. The van der Waals surface area contributed by atoms with E-state index in [-0.39, 0.29) is 0 Å². The van der Waals surface area contributed by atoms with Crippen LogP contribution in [0, 0.1) is 3.63 Å². The van der Waals surface area contributed by atoms with Crippen molar-refractivity contribution in [1.29, 1.82) is 0 Å². The van der Waals surface area contributed by atoms with Crippen molar-refractivity contribution in [1.82, 2.24) is 9.13 Å². The molecule has 0 spiro atoms. The first kappa shape index (κ1) is 31.6. The first-order chi connectivity index (χ1) is 16.6. The number of hydrogen-bond donors (Lipinski definition) is 0. The maximum absolute atomic E-state index is 10.7. The van der Waals surface area contributed by atoms with Crippen LogP contribution in [-0.2, 0) is 20.6 Å². The molecule has 0 saturated heterocycles. The molecule has 1 aromatic heterocycles. The zero-order valence-corrected chi connectivity index (χ0v) is 25.4. The Morgan fingerprint density at radius 2 is 0.757 bits per heavy atom. The van der Waals surface area contributed by atoms with Crippen molar-refractivity contribution >= 4 is 7.81 Å². The average Bonchev–Trinajstić information content (AvgIpc) is 3.10. The maximum atomic E-state index is 9.87. The number of para-hydroxylation sites is 2. The Balaban J connectivity index is 0.000000604. The second-order valence-corrected chi connectivity index (χ2v) is 13.3. The SMILES string of the molecule is CC(C)c1cccc(C(C)C)c1-n1ccn(-c2c(C(C)C)cccc2C(C)C)[c]1=[Au+].F[P-](F)(F)(F)(F)F. The van der Waals surface area contributed by atoms with Crippen molar-refractivity contribution in [2.75, 3.05) is 0 Å². The molecule has 0 saturated carbocycles. The van der Waals surface area contributed by atoms with Gasteiger partial charge in [-0.05, 0) is 0 Å². The van der Waals surface area contributed by atoms with E-state index in [0.717, 1.165) is 0 Å². The van der Waals surface area contributed by atoms with Crippen LogP contribution in [0.1, 0.15) is 101 Å². The van der Waals surface area contributed by atoms with Crippen LogP contribution in [0.4, 0.5) is 25.2 Å². The number of aromatic nitrogens is 2. The minimum atomic E-state index is -10.7. The third-order valence-corrected chi connectivity index (χ3v) is 6.94. The number of hydrogen-bond acceptors (Lipinski definition) is 0. The quantitative estimate of drug-likeness (QED) is 0.136. The number of halogens is 6. The summed E-state index contributed by atoms with van der Waals surface area (Å²) in [6.45, 7) is 18.3. The van der Waals surface area contributed by atoms with Gasteiger partial charge in [0.05, 0.1) is 0 Å². The van der Waals surface area contributed by atoms with Crippen molar-refractivity contribution in [3.05, 3.63) is 74.7 Å². The summed E-state index contributed by atoms with van der Waals surface area (Å²) >= 11 is 2.77. The predicted octanol–water partition coefficient (Wildman–Crippen LogP) is 11.2. The average molecular weight is 731 g/mol. The van der Waals surface area contributed by atoms with Gasteiger partial charge in [-0.3, -0.25) is 0 Å². The molecule has 0 aliphatic carbocycles. The molecule has 0 atom stereocenters. The summed E-state index contributed by atoms with van der Waals surface area (Å²) in [6.07, 6.45) is 4.48. The van der Waals surface area contributed by atoms with Crippen molar-refractivity contribution in [3.8, 4) is 11.4 Å². The Labute approximate surface area is 227 Å². The van der Waals surface area contributed by atoms with Crippen molar-refractivity contribution in [2.45, 2.75) is 79.1 Å². The first-order valence-electron chi connectivity index (χ1n) is 12.2. The van der Waals surface area contributed by atoms with Crippen LogP contribution in [-0.4, -0.2) is 9.13 Å². The van der Waals surface area contributed by atoms with Gasteiger partial charge < -0.3 is 0 Å².